The van der Waals surface area contributed by atoms with Gasteiger partial charge in [0.2, 0.25) is 0 Å². The Hall–Kier alpha value is -2.11. The zero-order chi connectivity index (χ0) is 17.7. The number of carbonyl (C=O) groups is 1. The highest BCUT2D eigenvalue weighted by atomic mass is 35.5. The number of benzene rings is 2. The highest BCUT2D eigenvalue weighted by Crippen LogP contribution is 2.34. The van der Waals surface area contributed by atoms with E-state index in [2.05, 4.69) is 5.32 Å². The second kappa shape index (κ2) is 8.13. The van der Waals surface area contributed by atoms with Gasteiger partial charge in [-0.2, -0.15) is 0 Å². The number of hydrogen-bond acceptors (Lipinski definition) is 5. The van der Waals surface area contributed by atoms with Crippen LogP contribution in [0.15, 0.2) is 36.4 Å². The summed E-state index contributed by atoms with van der Waals surface area (Å²) in [6.07, 6.45) is 0. The highest BCUT2D eigenvalue weighted by Gasteiger charge is 2.26. The van der Waals surface area contributed by atoms with Gasteiger partial charge < -0.3 is 19.9 Å². The van der Waals surface area contributed by atoms with Gasteiger partial charge in [0.15, 0.2) is 6.04 Å². The van der Waals surface area contributed by atoms with E-state index in [0.717, 1.165) is 0 Å². The maximum absolute atomic E-state index is 12.4. The number of methoxy groups -OCH3 is 1. The zero-order valence-electron chi connectivity index (χ0n) is 13.2. The predicted octanol–water partition coefficient (Wildman–Crippen LogP) is 4.42. The first-order chi connectivity index (χ1) is 11.5. The topological polar surface area (TPSA) is 67.8 Å². The van der Waals surface area contributed by atoms with Gasteiger partial charge >= 0.3 is 5.97 Å². The van der Waals surface area contributed by atoms with E-state index in [4.69, 9.17) is 32.7 Å². The molecule has 0 radical (unpaired) electrons. The number of ether oxygens (including phenoxy) is 2. The minimum atomic E-state index is -0.960. The number of halogens is 2. The van der Waals surface area contributed by atoms with Crippen molar-refractivity contribution < 1.29 is 19.4 Å². The lowest BCUT2D eigenvalue weighted by Gasteiger charge is -2.21. The molecule has 0 saturated heterocycles. The zero-order valence-corrected chi connectivity index (χ0v) is 14.7. The van der Waals surface area contributed by atoms with Gasteiger partial charge in [-0.15, -0.1) is 0 Å². The molecular weight excluding hydrogens is 353 g/mol. The Balaban J connectivity index is 2.43. The van der Waals surface area contributed by atoms with Crippen LogP contribution < -0.4 is 10.1 Å². The summed E-state index contributed by atoms with van der Waals surface area (Å²) in [7, 11) is 1.50. The van der Waals surface area contributed by atoms with Crippen molar-refractivity contribution in [3.63, 3.8) is 0 Å². The lowest BCUT2D eigenvalue weighted by atomic mass is 10.0. The molecule has 2 aromatic carbocycles. The number of rotatable bonds is 6. The summed E-state index contributed by atoms with van der Waals surface area (Å²) >= 11 is 12.0. The Morgan fingerprint density at radius 1 is 1.25 bits per heavy atom. The van der Waals surface area contributed by atoms with Gasteiger partial charge in [0.05, 0.1) is 24.4 Å². The summed E-state index contributed by atoms with van der Waals surface area (Å²) in [6.45, 7) is 1.91. The van der Waals surface area contributed by atoms with Crippen LogP contribution in [0.25, 0.3) is 0 Å². The smallest absolute Gasteiger partial charge is 0.333 e. The third kappa shape index (κ3) is 4.24. The third-order valence-corrected chi connectivity index (χ3v) is 3.85. The molecule has 2 rings (SSSR count). The molecule has 2 aromatic rings. The fourth-order valence-electron chi connectivity index (χ4n) is 2.14. The first kappa shape index (κ1) is 18.2. The molecular formula is C17H17Cl2NO4. The summed E-state index contributed by atoms with van der Waals surface area (Å²) in [5, 5.41) is 14.0. The van der Waals surface area contributed by atoms with Gasteiger partial charge in [-0.3, -0.25) is 0 Å². The Bertz CT molecular complexity index is 737. The standard InChI is InChI=1S/C17H17Cl2NO4/c1-3-24-17(22)16(12-9-11(23-2)5-7-15(12)21)20-14-6-4-10(18)8-13(14)19/h4-9,16,20-21H,3H2,1-2H3. The molecule has 0 amide bonds. The van der Waals surface area contributed by atoms with Crippen molar-refractivity contribution in [2.75, 3.05) is 19.0 Å². The van der Waals surface area contributed by atoms with Crippen molar-refractivity contribution >= 4 is 34.9 Å². The van der Waals surface area contributed by atoms with Crippen molar-refractivity contribution in [2.24, 2.45) is 0 Å². The van der Waals surface area contributed by atoms with Gasteiger partial charge in [0.1, 0.15) is 11.5 Å². The average molecular weight is 370 g/mol. The van der Waals surface area contributed by atoms with Gasteiger partial charge in [0, 0.05) is 10.6 Å². The Labute approximate surface area is 150 Å². The monoisotopic (exact) mass is 369 g/mol. The van der Waals surface area contributed by atoms with E-state index in [0.29, 0.717) is 27.0 Å². The number of esters is 1. The first-order valence-corrected chi connectivity index (χ1v) is 7.97. The van der Waals surface area contributed by atoms with E-state index < -0.39 is 12.0 Å². The summed E-state index contributed by atoms with van der Waals surface area (Å²) in [6, 6.07) is 8.49. The normalized spacial score (nSPS) is 11.7. The molecule has 24 heavy (non-hydrogen) atoms. The van der Waals surface area contributed by atoms with Crippen LogP contribution in [0.1, 0.15) is 18.5 Å². The summed E-state index contributed by atoms with van der Waals surface area (Å²) in [5.41, 5.74) is 0.806. The summed E-state index contributed by atoms with van der Waals surface area (Å²) in [4.78, 5) is 12.4. The number of aromatic hydroxyl groups is 1. The molecule has 1 unspecified atom stereocenters. The van der Waals surface area contributed by atoms with Crippen molar-refractivity contribution in [1.29, 1.82) is 0 Å². The Kier molecular flexibility index (Phi) is 6.17. The third-order valence-electron chi connectivity index (χ3n) is 3.30. The van der Waals surface area contributed by atoms with Crippen molar-refractivity contribution in [2.45, 2.75) is 13.0 Å². The molecule has 0 aliphatic rings. The fourth-order valence-corrected chi connectivity index (χ4v) is 2.61. The minimum Gasteiger partial charge on any atom is -0.508 e. The molecule has 7 heteroatoms. The van der Waals surface area contributed by atoms with Crippen LogP contribution in [0.3, 0.4) is 0 Å². The maximum Gasteiger partial charge on any atom is 0.333 e. The number of anilines is 1. The lowest BCUT2D eigenvalue weighted by Crippen LogP contribution is -2.23. The Morgan fingerprint density at radius 3 is 2.62 bits per heavy atom. The first-order valence-electron chi connectivity index (χ1n) is 7.21. The number of phenols is 1. The van der Waals surface area contributed by atoms with E-state index in [-0.39, 0.29) is 12.4 Å². The maximum atomic E-state index is 12.4. The van der Waals surface area contributed by atoms with Crippen LogP contribution in [0, 0.1) is 0 Å². The van der Waals surface area contributed by atoms with Gasteiger partial charge in [0.25, 0.3) is 0 Å². The number of hydrogen-bond donors (Lipinski definition) is 2. The van der Waals surface area contributed by atoms with Crippen molar-refractivity contribution in [1.82, 2.24) is 0 Å². The fraction of sp³-hybridized carbons (Fsp3) is 0.235. The van der Waals surface area contributed by atoms with E-state index in [1.807, 2.05) is 0 Å². The highest BCUT2D eigenvalue weighted by molar-refractivity contribution is 6.36. The van der Waals surface area contributed by atoms with Gasteiger partial charge in [-0.25, -0.2) is 4.79 Å². The van der Waals surface area contributed by atoms with E-state index in [1.165, 1.54) is 13.2 Å². The molecule has 2 N–H and O–H groups in total. The van der Waals surface area contributed by atoms with E-state index in [9.17, 15) is 9.90 Å². The van der Waals surface area contributed by atoms with Crippen LogP contribution in [-0.2, 0) is 9.53 Å². The second-order valence-corrected chi connectivity index (χ2v) is 5.72. The summed E-state index contributed by atoms with van der Waals surface area (Å²) < 4.78 is 10.3. The number of carbonyl (C=O) groups excluding carboxylic acids is 1. The number of phenolic OH excluding ortho intramolecular Hbond substituents is 1. The molecule has 0 spiro atoms. The molecule has 0 fully saturated rings. The van der Waals surface area contributed by atoms with Gasteiger partial charge in [-0.1, -0.05) is 23.2 Å². The molecule has 0 bridgehead atoms. The molecule has 128 valence electrons. The number of nitrogens with one attached hydrogen (secondary N) is 1. The molecule has 5 nitrogen and oxygen atoms in total. The quantitative estimate of drug-likeness (QED) is 0.737. The van der Waals surface area contributed by atoms with Crippen LogP contribution in [0.5, 0.6) is 11.5 Å². The molecule has 0 saturated carbocycles. The second-order valence-electron chi connectivity index (χ2n) is 4.88. The van der Waals surface area contributed by atoms with Gasteiger partial charge in [-0.05, 0) is 43.3 Å². The molecule has 0 aliphatic heterocycles. The lowest BCUT2D eigenvalue weighted by molar-refractivity contribution is -0.144. The molecule has 1 atom stereocenters. The largest absolute Gasteiger partial charge is 0.508 e. The molecule has 0 aliphatic carbocycles. The SMILES string of the molecule is CCOC(=O)C(Nc1ccc(Cl)cc1Cl)c1cc(OC)ccc1O. The van der Waals surface area contributed by atoms with E-state index in [1.54, 1.807) is 37.3 Å². The Morgan fingerprint density at radius 2 is 2.00 bits per heavy atom. The van der Waals surface area contributed by atoms with E-state index >= 15 is 0 Å². The van der Waals surface area contributed by atoms with Crippen LogP contribution in [0.4, 0.5) is 5.69 Å². The van der Waals surface area contributed by atoms with Crippen molar-refractivity contribution in [3.05, 3.63) is 52.0 Å². The van der Waals surface area contributed by atoms with Crippen LogP contribution >= 0.6 is 23.2 Å². The molecule has 0 aromatic heterocycles. The predicted molar refractivity (Wildman–Crippen MR) is 94.1 cm³/mol. The summed E-state index contributed by atoms with van der Waals surface area (Å²) in [5.74, 6) is -0.111. The molecule has 0 heterocycles. The van der Waals surface area contributed by atoms with Crippen LogP contribution in [0.2, 0.25) is 10.0 Å². The van der Waals surface area contributed by atoms with Crippen molar-refractivity contribution in [3.8, 4) is 11.5 Å². The van der Waals surface area contributed by atoms with Crippen LogP contribution in [-0.4, -0.2) is 24.8 Å². The average Bonchev–Trinajstić information content (AvgIpc) is 2.55. The minimum absolute atomic E-state index is 0.0635.